The van der Waals surface area contributed by atoms with Crippen LogP contribution in [-0.2, 0) is 0 Å². The number of aromatic nitrogens is 3. The Kier molecular flexibility index (Phi) is 2.69. The van der Waals surface area contributed by atoms with Crippen molar-refractivity contribution in [2.45, 2.75) is 10.2 Å². The van der Waals surface area contributed by atoms with E-state index in [1.54, 1.807) is 6.07 Å². The maximum absolute atomic E-state index is 10.4. The normalized spacial score (nSPS) is 10.4. The molecule has 0 spiro atoms. The first-order valence-electron chi connectivity index (χ1n) is 3.57. The lowest BCUT2D eigenvalue weighted by atomic mass is 10.5. The molecule has 0 aliphatic carbocycles. The van der Waals surface area contributed by atoms with Crippen LogP contribution < -0.4 is 0 Å². The standard InChI is InChI=1S/C7H4BrN3O2S/c8-5-1-4(2-12)13-6(5)14-7-9-3-10-11-7/h1-3H,(H,9,10,11). The van der Waals surface area contributed by atoms with E-state index >= 15 is 0 Å². The molecule has 14 heavy (non-hydrogen) atoms. The summed E-state index contributed by atoms with van der Waals surface area (Å²) in [6.45, 7) is 0. The highest BCUT2D eigenvalue weighted by molar-refractivity contribution is 9.10. The zero-order valence-corrected chi connectivity index (χ0v) is 9.13. The van der Waals surface area contributed by atoms with Gasteiger partial charge in [0.1, 0.15) is 6.33 Å². The smallest absolute Gasteiger partial charge is 0.191 e. The highest BCUT2D eigenvalue weighted by atomic mass is 79.9. The van der Waals surface area contributed by atoms with Crippen molar-refractivity contribution >= 4 is 34.0 Å². The van der Waals surface area contributed by atoms with Gasteiger partial charge in [-0.1, -0.05) is 0 Å². The van der Waals surface area contributed by atoms with Crippen LogP contribution in [0.2, 0.25) is 0 Å². The number of carbonyl (C=O) groups excluding carboxylic acids is 1. The van der Waals surface area contributed by atoms with Crippen LogP contribution in [0.15, 0.2) is 31.5 Å². The first-order chi connectivity index (χ1) is 6.79. The topological polar surface area (TPSA) is 71.8 Å². The van der Waals surface area contributed by atoms with E-state index in [9.17, 15) is 4.79 Å². The van der Waals surface area contributed by atoms with Crippen molar-refractivity contribution in [3.63, 3.8) is 0 Å². The molecule has 0 unspecified atom stereocenters. The Labute approximate surface area is 91.4 Å². The summed E-state index contributed by atoms with van der Waals surface area (Å²) in [4.78, 5) is 14.3. The fraction of sp³-hybridized carbons (Fsp3) is 0. The lowest BCUT2D eigenvalue weighted by Gasteiger charge is -1.91. The number of nitrogens with one attached hydrogen (secondary N) is 1. The number of H-pyrrole nitrogens is 1. The summed E-state index contributed by atoms with van der Waals surface area (Å²) in [7, 11) is 0. The molecule has 2 aromatic rings. The summed E-state index contributed by atoms with van der Waals surface area (Å²) in [5, 5.41) is 7.55. The van der Waals surface area contributed by atoms with Gasteiger partial charge >= 0.3 is 0 Å². The number of carbonyl (C=O) groups is 1. The van der Waals surface area contributed by atoms with Crippen LogP contribution in [0, 0.1) is 0 Å². The number of furan rings is 1. The monoisotopic (exact) mass is 273 g/mol. The van der Waals surface area contributed by atoms with E-state index in [1.165, 1.54) is 18.1 Å². The molecule has 0 bridgehead atoms. The van der Waals surface area contributed by atoms with Crippen LogP contribution in [0.25, 0.3) is 0 Å². The molecule has 0 atom stereocenters. The van der Waals surface area contributed by atoms with Gasteiger partial charge in [0, 0.05) is 6.07 Å². The highest BCUT2D eigenvalue weighted by Gasteiger charge is 2.11. The average molecular weight is 274 g/mol. The second-order valence-electron chi connectivity index (χ2n) is 2.29. The number of nitrogens with zero attached hydrogens (tertiary/aromatic N) is 2. The van der Waals surface area contributed by atoms with Crippen LogP contribution in [0.1, 0.15) is 10.6 Å². The molecular formula is C7H4BrN3O2S. The molecule has 0 fully saturated rings. The van der Waals surface area contributed by atoms with E-state index in [-0.39, 0.29) is 5.76 Å². The number of hydrogen-bond acceptors (Lipinski definition) is 5. The van der Waals surface area contributed by atoms with E-state index in [0.29, 0.717) is 16.5 Å². The van der Waals surface area contributed by atoms with Gasteiger partial charge in [-0.25, -0.2) is 4.98 Å². The molecule has 2 aromatic heterocycles. The van der Waals surface area contributed by atoms with Gasteiger partial charge in [-0.3, -0.25) is 9.89 Å². The molecule has 1 N–H and O–H groups in total. The summed E-state index contributed by atoms with van der Waals surface area (Å²) in [5.74, 6) is 0.277. The summed E-state index contributed by atoms with van der Waals surface area (Å²) < 4.78 is 5.92. The van der Waals surface area contributed by atoms with Gasteiger partial charge < -0.3 is 4.42 Å². The van der Waals surface area contributed by atoms with Gasteiger partial charge in [-0.05, 0) is 27.7 Å². The predicted octanol–water partition coefficient (Wildman–Crippen LogP) is 2.12. The zero-order valence-electron chi connectivity index (χ0n) is 6.73. The van der Waals surface area contributed by atoms with Crippen molar-refractivity contribution in [2.24, 2.45) is 0 Å². The lowest BCUT2D eigenvalue weighted by Crippen LogP contribution is -1.74. The van der Waals surface area contributed by atoms with Crippen LogP contribution in [0.4, 0.5) is 0 Å². The number of aldehydes is 1. The second kappa shape index (κ2) is 3.97. The molecule has 2 rings (SSSR count). The molecule has 0 aromatic carbocycles. The van der Waals surface area contributed by atoms with E-state index in [1.807, 2.05) is 0 Å². The van der Waals surface area contributed by atoms with Crippen molar-refractivity contribution in [1.29, 1.82) is 0 Å². The van der Waals surface area contributed by atoms with Gasteiger partial charge in [-0.2, -0.15) is 5.10 Å². The molecule has 0 radical (unpaired) electrons. The molecule has 0 aliphatic rings. The summed E-state index contributed by atoms with van der Waals surface area (Å²) in [5.41, 5.74) is 0. The minimum absolute atomic E-state index is 0.277. The average Bonchev–Trinajstić information content (AvgIpc) is 2.78. The third kappa shape index (κ3) is 1.88. The fourth-order valence-corrected chi connectivity index (χ4v) is 2.05. The van der Waals surface area contributed by atoms with Crippen molar-refractivity contribution in [2.75, 3.05) is 0 Å². The number of aromatic amines is 1. The van der Waals surface area contributed by atoms with Crippen molar-refractivity contribution < 1.29 is 9.21 Å². The van der Waals surface area contributed by atoms with Crippen LogP contribution >= 0.6 is 27.7 Å². The molecule has 0 saturated carbocycles. The molecule has 0 amide bonds. The van der Waals surface area contributed by atoms with E-state index < -0.39 is 0 Å². The first kappa shape index (κ1) is 9.47. The van der Waals surface area contributed by atoms with Gasteiger partial charge in [-0.15, -0.1) is 0 Å². The number of rotatable bonds is 3. The van der Waals surface area contributed by atoms with E-state index in [0.717, 1.165) is 4.47 Å². The van der Waals surface area contributed by atoms with Crippen molar-refractivity contribution in [3.05, 3.63) is 22.6 Å². The Morgan fingerprint density at radius 2 is 2.50 bits per heavy atom. The van der Waals surface area contributed by atoms with Crippen LogP contribution in [0.5, 0.6) is 0 Å². The number of hydrogen-bond donors (Lipinski definition) is 1. The Morgan fingerprint density at radius 3 is 3.07 bits per heavy atom. The Hall–Kier alpha value is -1.08. The van der Waals surface area contributed by atoms with Crippen LogP contribution in [-0.4, -0.2) is 21.5 Å². The first-order valence-corrected chi connectivity index (χ1v) is 5.18. The third-order valence-electron chi connectivity index (χ3n) is 1.37. The molecule has 0 aliphatic heterocycles. The Bertz CT molecular complexity index is 440. The highest BCUT2D eigenvalue weighted by Crippen LogP contribution is 2.33. The molecule has 72 valence electrons. The van der Waals surface area contributed by atoms with Gasteiger partial charge in [0.05, 0.1) is 4.47 Å². The SMILES string of the molecule is O=Cc1cc(Br)c(Sc2ncn[nH]2)o1. The molecule has 2 heterocycles. The number of halogens is 1. The maximum Gasteiger partial charge on any atom is 0.191 e. The summed E-state index contributed by atoms with van der Waals surface area (Å²) in [6, 6.07) is 1.60. The molecule has 7 heteroatoms. The summed E-state index contributed by atoms with van der Waals surface area (Å²) in [6.07, 6.45) is 2.05. The van der Waals surface area contributed by atoms with Crippen molar-refractivity contribution in [1.82, 2.24) is 15.2 Å². The lowest BCUT2D eigenvalue weighted by molar-refractivity contribution is 0.109. The maximum atomic E-state index is 10.4. The minimum atomic E-state index is 0.277. The second-order valence-corrected chi connectivity index (χ2v) is 4.11. The van der Waals surface area contributed by atoms with Gasteiger partial charge in [0.25, 0.3) is 0 Å². The molecule has 5 nitrogen and oxygen atoms in total. The third-order valence-corrected chi connectivity index (χ3v) is 3.10. The summed E-state index contributed by atoms with van der Waals surface area (Å²) >= 11 is 4.52. The molecule has 0 saturated heterocycles. The van der Waals surface area contributed by atoms with Crippen molar-refractivity contribution in [3.8, 4) is 0 Å². The Balaban J connectivity index is 2.24. The largest absolute Gasteiger partial charge is 0.445 e. The van der Waals surface area contributed by atoms with E-state index in [4.69, 9.17) is 4.42 Å². The van der Waals surface area contributed by atoms with Gasteiger partial charge in [0.2, 0.25) is 0 Å². The minimum Gasteiger partial charge on any atom is -0.445 e. The Morgan fingerprint density at radius 1 is 1.64 bits per heavy atom. The van der Waals surface area contributed by atoms with E-state index in [2.05, 4.69) is 31.1 Å². The van der Waals surface area contributed by atoms with Gasteiger partial charge in [0.15, 0.2) is 22.3 Å². The predicted molar refractivity (Wildman–Crippen MR) is 52.3 cm³/mol. The molecular weight excluding hydrogens is 270 g/mol. The zero-order chi connectivity index (χ0) is 9.97. The fourth-order valence-electron chi connectivity index (χ4n) is 0.828. The van der Waals surface area contributed by atoms with Crippen LogP contribution in [0.3, 0.4) is 0 Å². The quantitative estimate of drug-likeness (QED) is 0.868.